The molecule has 2 aromatic carbocycles. The lowest BCUT2D eigenvalue weighted by Crippen LogP contribution is -2.51. The maximum absolute atomic E-state index is 14.1. The van der Waals surface area contributed by atoms with Crippen LogP contribution in [0.5, 0.6) is 0 Å². The maximum atomic E-state index is 14.1. The van der Waals surface area contributed by atoms with Crippen molar-refractivity contribution in [2.75, 3.05) is 31.1 Å². The van der Waals surface area contributed by atoms with E-state index in [0.717, 1.165) is 11.3 Å². The van der Waals surface area contributed by atoms with E-state index in [1.807, 2.05) is 35.2 Å². The molecule has 4 aromatic heterocycles. The summed E-state index contributed by atoms with van der Waals surface area (Å²) in [5.74, 6) is 0.663. The summed E-state index contributed by atoms with van der Waals surface area (Å²) in [6.07, 6.45) is 4.82. The third-order valence-corrected chi connectivity index (χ3v) is 7.05. The molecule has 0 N–H and O–H groups in total. The molecule has 6 aromatic rings. The number of carbonyl (C=O) groups excluding carboxylic acids is 1. The molecule has 0 spiro atoms. The van der Waals surface area contributed by atoms with Crippen molar-refractivity contribution >= 4 is 28.3 Å². The molecule has 0 bridgehead atoms. The van der Waals surface area contributed by atoms with Gasteiger partial charge in [-0.1, -0.05) is 30.3 Å². The van der Waals surface area contributed by atoms with Crippen LogP contribution in [0.3, 0.4) is 0 Å². The van der Waals surface area contributed by atoms with E-state index in [1.165, 1.54) is 12.1 Å². The molecule has 1 amide bonds. The van der Waals surface area contributed by atoms with Crippen molar-refractivity contribution in [3.63, 3.8) is 0 Å². The Balaban J connectivity index is 1.23. The van der Waals surface area contributed by atoms with Crippen LogP contribution in [0.4, 0.5) is 10.1 Å². The summed E-state index contributed by atoms with van der Waals surface area (Å²) in [5, 5.41) is 9.79. The van der Waals surface area contributed by atoms with Gasteiger partial charge in [0.25, 0.3) is 5.91 Å². The van der Waals surface area contributed by atoms with Crippen molar-refractivity contribution in [3.05, 3.63) is 96.9 Å². The SMILES string of the molecule is O=C(C(c1ccccc1)n1ncc2c1ncn1nc(-c3ccco3)nc21)N1CCN(c2ccc(F)cc2)CC1. The Bertz CT molecular complexity index is 1750. The zero-order chi connectivity index (χ0) is 26.3. The van der Waals surface area contributed by atoms with Gasteiger partial charge in [-0.05, 0) is 42.0 Å². The number of carbonyl (C=O) groups is 1. The minimum absolute atomic E-state index is 0.0654. The topological polar surface area (TPSA) is 97.6 Å². The van der Waals surface area contributed by atoms with Crippen LogP contribution in [-0.2, 0) is 4.79 Å². The lowest BCUT2D eigenvalue weighted by molar-refractivity contribution is -0.134. The Morgan fingerprint density at radius 1 is 0.923 bits per heavy atom. The highest BCUT2D eigenvalue weighted by Gasteiger charge is 2.32. The number of halogens is 1. The van der Waals surface area contributed by atoms with Gasteiger partial charge in [0.15, 0.2) is 23.1 Å². The lowest BCUT2D eigenvalue weighted by Gasteiger charge is -2.37. The summed E-state index contributed by atoms with van der Waals surface area (Å²) in [4.78, 5) is 27.4. The quantitative estimate of drug-likeness (QED) is 0.340. The Morgan fingerprint density at radius 2 is 1.72 bits per heavy atom. The number of hydrogen-bond donors (Lipinski definition) is 0. The van der Waals surface area contributed by atoms with E-state index >= 15 is 0 Å². The second-order valence-electron chi connectivity index (χ2n) is 9.35. The highest BCUT2D eigenvalue weighted by molar-refractivity contribution is 5.91. The van der Waals surface area contributed by atoms with Gasteiger partial charge in [0.05, 0.1) is 17.8 Å². The molecule has 0 aliphatic carbocycles. The normalized spacial score (nSPS) is 14.8. The molecule has 5 heterocycles. The van der Waals surface area contributed by atoms with Crippen molar-refractivity contribution in [2.45, 2.75) is 6.04 Å². The van der Waals surface area contributed by atoms with Crippen LogP contribution in [0, 0.1) is 5.82 Å². The lowest BCUT2D eigenvalue weighted by atomic mass is 10.0. The molecule has 1 aliphatic rings. The fraction of sp³-hybridized carbons (Fsp3) is 0.179. The number of aromatic nitrogens is 6. The smallest absolute Gasteiger partial charge is 0.252 e. The Hall–Kier alpha value is -5.06. The molecule has 0 radical (unpaired) electrons. The first-order chi connectivity index (χ1) is 19.2. The summed E-state index contributed by atoms with van der Waals surface area (Å²) in [6.45, 7) is 2.36. The fourth-order valence-corrected chi connectivity index (χ4v) is 5.07. The van der Waals surface area contributed by atoms with Gasteiger partial charge >= 0.3 is 0 Å². The monoisotopic (exact) mass is 522 g/mol. The standard InChI is InChI=1S/C28H23FN8O2/c29-20-8-10-21(11-9-20)34-12-14-35(15-13-34)28(38)24(19-5-2-1-3-6-19)37-26-22(17-31-37)27-32-25(23-7-4-16-39-23)33-36(27)18-30-26/h1-11,16-18,24H,12-15H2. The van der Waals surface area contributed by atoms with Gasteiger partial charge in [-0.2, -0.15) is 5.10 Å². The second kappa shape index (κ2) is 9.35. The zero-order valence-corrected chi connectivity index (χ0v) is 20.8. The number of benzene rings is 2. The molecule has 1 atom stereocenters. The third kappa shape index (κ3) is 4.08. The number of furan rings is 1. The van der Waals surface area contributed by atoms with Gasteiger partial charge in [0.2, 0.25) is 5.82 Å². The van der Waals surface area contributed by atoms with Gasteiger partial charge in [0.1, 0.15) is 12.1 Å². The number of anilines is 1. The molecule has 10 nitrogen and oxygen atoms in total. The molecule has 1 aliphatic heterocycles. The van der Waals surface area contributed by atoms with Gasteiger partial charge in [-0.25, -0.2) is 23.6 Å². The molecule has 1 fully saturated rings. The van der Waals surface area contributed by atoms with Crippen molar-refractivity contribution in [2.24, 2.45) is 0 Å². The summed E-state index contributed by atoms with van der Waals surface area (Å²) >= 11 is 0. The molecule has 194 valence electrons. The van der Waals surface area contributed by atoms with E-state index in [4.69, 9.17) is 4.42 Å². The summed E-state index contributed by atoms with van der Waals surface area (Å²) in [6, 6.07) is 18.9. The molecule has 1 unspecified atom stereocenters. The predicted molar refractivity (Wildman–Crippen MR) is 142 cm³/mol. The number of piperazine rings is 1. The first-order valence-corrected chi connectivity index (χ1v) is 12.6. The summed E-state index contributed by atoms with van der Waals surface area (Å²) in [5.41, 5.74) is 2.86. The number of amides is 1. The molecule has 39 heavy (non-hydrogen) atoms. The van der Waals surface area contributed by atoms with Gasteiger partial charge < -0.3 is 14.2 Å². The van der Waals surface area contributed by atoms with Crippen LogP contribution in [0.2, 0.25) is 0 Å². The molecule has 0 saturated carbocycles. The van der Waals surface area contributed by atoms with Crippen LogP contribution >= 0.6 is 0 Å². The molecule has 7 rings (SSSR count). The Labute approximate surface area is 221 Å². The highest BCUT2D eigenvalue weighted by atomic mass is 19.1. The molecule has 1 saturated heterocycles. The van der Waals surface area contributed by atoms with Crippen LogP contribution in [-0.4, -0.2) is 66.3 Å². The number of nitrogens with zero attached hydrogens (tertiary/aromatic N) is 8. The average molecular weight is 523 g/mol. The van der Waals surface area contributed by atoms with Crippen LogP contribution in [0.15, 0.2) is 89.9 Å². The number of rotatable bonds is 5. The fourth-order valence-electron chi connectivity index (χ4n) is 5.07. The summed E-state index contributed by atoms with van der Waals surface area (Å²) < 4.78 is 22.1. The van der Waals surface area contributed by atoms with Gasteiger partial charge in [-0.15, -0.1) is 5.10 Å². The van der Waals surface area contributed by atoms with Crippen molar-refractivity contribution < 1.29 is 13.6 Å². The summed E-state index contributed by atoms with van der Waals surface area (Å²) in [7, 11) is 0. The van der Waals surface area contributed by atoms with E-state index in [1.54, 1.807) is 52.2 Å². The Kier molecular flexibility index (Phi) is 5.54. The maximum Gasteiger partial charge on any atom is 0.252 e. The van der Waals surface area contributed by atoms with E-state index in [9.17, 15) is 9.18 Å². The minimum Gasteiger partial charge on any atom is -0.461 e. The Morgan fingerprint density at radius 3 is 2.46 bits per heavy atom. The first kappa shape index (κ1) is 23.1. The molecular formula is C28H23FN8O2. The predicted octanol–water partition coefficient (Wildman–Crippen LogP) is 3.81. The van der Waals surface area contributed by atoms with Crippen molar-refractivity contribution in [1.29, 1.82) is 0 Å². The minimum atomic E-state index is -0.705. The first-order valence-electron chi connectivity index (χ1n) is 12.6. The van der Waals surface area contributed by atoms with Gasteiger partial charge in [-0.3, -0.25) is 4.79 Å². The van der Waals surface area contributed by atoms with E-state index in [2.05, 4.69) is 25.1 Å². The zero-order valence-electron chi connectivity index (χ0n) is 20.8. The van der Waals surface area contributed by atoms with E-state index in [0.29, 0.717) is 54.4 Å². The third-order valence-electron chi connectivity index (χ3n) is 7.05. The second-order valence-corrected chi connectivity index (χ2v) is 9.35. The molecule has 11 heteroatoms. The van der Waals surface area contributed by atoms with Crippen LogP contribution < -0.4 is 4.90 Å². The van der Waals surface area contributed by atoms with Crippen molar-refractivity contribution in [1.82, 2.24) is 34.3 Å². The largest absolute Gasteiger partial charge is 0.461 e. The highest BCUT2D eigenvalue weighted by Crippen LogP contribution is 2.28. The van der Waals surface area contributed by atoms with E-state index in [-0.39, 0.29) is 11.7 Å². The molecular weight excluding hydrogens is 499 g/mol. The number of hydrogen-bond acceptors (Lipinski definition) is 7. The number of fused-ring (bicyclic) bond motifs is 3. The van der Waals surface area contributed by atoms with Crippen molar-refractivity contribution in [3.8, 4) is 11.6 Å². The average Bonchev–Trinajstić information content (AvgIpc) is 3.74. The van der Waals surface area contributed by atoms with Crippen LogP contribution in [0.1, 0.15) is 11.6 Å². The van der Waals surface area contributed by atoms with Crippen LogP contribution in [0.25, 0.3) is 28.3 Å². The van der Waals surface area contributed by atoms with Gasteiger partial charge in [0, 0.05) is 31.9 Å². The van der Waals surface area contributed by atoms with E-state index < -0.39 is 6.04 Å².